The van der Waals surface area contributed by atoms with Crippen molar-refractivity contribution in [2.24, 2.45) is 0 Å². The lowest BCUT2D eigenvalue weighted by Gasteiger charge is -2.11. The maximum atomic E-state index is 13.5. The Bertz CT molecular complexity index is 1520. The molecule has 3 N–H and O–H groups in total. The van der Waals surface area contributed by atoms with Crippen LogP contribution in [0.2, 0.25) is 0 Å². The third-order valence-corrected chi connectivity index (χ3v) is 5.28. The number of hydrogen-bond acceptors (Lipinski definition) is 4. The number of carbonyl (C=O) groups is 1. The summed E-state index contributed by atoms with van der Waals surface area (Å²) in [7, 11) is 0. The molecule has 0 aliphatic rings. The van der Waals surface area contributed by atoms with E-state index in [2.05, 4.69) is 25.9 Å². The van der Waals surface area contributed by atoms with E-state index in [0.717, 1.165) is 34.2 Å². The number of hydrogen-bond donors (Lipinski definition) is 3. The molecule has 6 nitrogen and oxygen atoms in total. The highest BCUT2D eigenvalue weighted by molar-refractivity contribution is 6.06. The topological polar surface area (TPSA) is 78.9 Å². The Morgan fingerprint density at radius 1 is 0.824 bits per heavy atom. The van der Waals surface area contributed by atoms with Gasteiger partial charge in [0.15, 0.2) is 11.6 Å². The summed E-state index contributed by atoms with van der Waals surface area (Å²) in [6, 6.07) is 22.6. The smallest absolute Gasteiger partial charge is 0.323 e. The van der Waals surface area contributed by atoms with Crippen molar-refractivity contribution in [3.8, 4) is 0 Å². The summed E-state index contributed by atoms with van der Waals surface area (Å²) in [6.07, 6.45) is 1.46. The van der Waals surface area contributed by atoms with E-state index < -0.39 is 11.6 Å². The molecule has 8 heteroatoms. The van der Waals surface area contributed by atoms with E-state index in [1.807, 2.05) is 60.7 Å². The van der Waals surface area contributed by atoms with Crippen LogP contribution in [0.3, 0.4) is 0 Å². The molecule has 0 bridgehead atoms. The lowest BCUT2D eigenvalue weighted by Crippen LogP contribution is -2.19. The molecule has 0 fully saturated rings. The minimum absolute atomic E-state index is 0.254. The van der Waals surface area contributed by atoms with Gasteiger partial charge in [0.2, 0.25) is 0 Å². The largest absolute Gasteiger partial charge is 0.365 e. The van der Waals surface area contributed by atoms with Gasteiger partial charge in [-0.3, -0.25) is 4.98 Å². The van der Waals surface area contributed by atoms with Gasteiger partial charge in [0.25, 0.3) is 0 Å². The maximum Gasteiger partial charge on any atom is 0.323 e. The van der Waals surface area contributed by atoms with Gasteiger partial charge in [-0.05, 0) is 29.1 Å². The molecule has 0 saturated heterocycles. The van der Waals surface area contributed by atoms with Crippen LogP contribution in [-0.4, -0.2) is 16.0 Å². The molecule has 168 valence electrons. The third kappa shape index (κ3) is 4.61. The van der Waals surface area contributed by atoms with Crippen molar-refractivity contribution in [1.29, 1.82) is 0 Å². The summed E-state index contributed by atoms with van der Waals surface area (Å²) in [5.74, 6) is -1.51. The number of nitrogens with one attached hydrogen (secondary N) is 3. The van der Waals surface area contributed by atoms with Crippen LogP contribution in [0.15, 0.2) is 85.1 Å². The number of fused-ring (bicyclic) bond motifs is 2. The van der Waals surface area contributed by atoms with Gasteiger partial charge in [0.1, 0.15) is 5.82 Å². The van der Waals surface area contributed by atoms with Crippen molar-refractivity contribution in [1.82, 2.24) is 9.97 Å². The Kier molecular flexibility index (Phi) is 5.70. The monoisotopic (exact) mass is 455 g/mol. The second-order valence-corrected chi connectivity index (χ2v) is 7.67. The highest BCUT2D eigenvalue weighted by Gasteiger charge is 2.08. The molecule has 4 aromatic carbocycles. The average molecular weight is 455 g/mol. The molecular formula is C26H19F2N5O. The van der Waals surface area contributed by atoms with Crippen LogP contribution in [0, 0.1) is 11.6 Å². The van der Waals surface area contributed by atoms with E-state index in [4.69, 9.17) is 0 Å². The molecule has 0 aliphatic heterocycles. The van der Waals surface area contributed by atoms with E-state index in [1.54, 1.807) is 6.07 Å². The molecule has 1 aromatic heterocycles. The highest BCUT2D eigenvalue weighted by atomic mass is 19.2. The number of carbonyl (C=O) groups excluding carboxylic acids is 1. The van der Waals surface area contributed by atoms with Gasteiger partial charge in [-0.15, -0.1) is 0 Å². The Hall–Kier alpha value is -4.59. The van der Waals surface area contributed by atoms with Crippen molar-refractivity contribution in [3.63, 3.8) is 0 Å². The van der Waals surface area contributed by atoms with E-state index in [9.17, 15) is 13.6 Å². The van der Waals surface area contributed by atoms with Crippen molar-refractivity contribution in [2.75, 3.05) is 16.0 Å². The fraction of sp³-hybridized carbons (Fsp3) is 0.0385. The van der Waals surface area contributed by atoms with E-state index in [0.29, 0.717) is 18.1 Å². The first-order chi connectivity index (χ1) is 16.5. The van der Waals surface area contributed by atoms with Gasteiger partial charge in [-0.2, -0.15) is 0 Å². The van der Waals surface area contributed by atoms with Gasteiger partial charge in [0.05, 0.1) is 22.9 Å². The van der Waals surface area contributed by atoms with E-state index in [-0.39, 0.29) is 17.1 Å². The first-order valence-corrected chi connectivity index (χ1v) is 10.6. The van der Waals surface area contributed by atoms with E-state index >= 15 is 0 Å². The molecule has 5 aromatic rings. The fourth-order valence-electron chi connectivity index (χ4n) is 3.66. The average Bonchev–Trinajstić information content (AvgIpc) is 2.84. The lowest BCUT2D eigenvalue weighted by atomic mass is 10.1. The van der Waals surface area contributed by atoms with E-state index in [1.165, 1.54) is 6.20 Å². The number of benzene rings is 4. The maximum absolute atomic E-state index is 13.5. The molecule has 0 saturated carbocycles. The van der Waals surface area contributed by atoms with Crippen molar-refractivity contribution < 1.29 is 13.6 Å². The van der Waals surface area contributed by atoms with Crippen LogP contribution in [0.25, 0.3) is 21.8 Å². The van der Waals surface area contributed by atoms with Crippen LogP contribution >= 0.6 is 0 Å². The van der Waals surface area contributed by atoms with Crippen LogP contribution in [0.4, 0.5) is 30.8 Å². The zero-order valence-electron chi connectivity index (χ0n) is 17.8. The predicted molar refractivity (Wildman–Crippen MR) is 130 cm³/mol. The number of rotatable bonds is 5. The molecule has 0 spiro atoms. The summed E-state index contributed by atoms with van der Waals surface area (Å²) in [6.45, 7) is 0.393. The molecule has 1 heterocycles. The summed E-state index contributed by atoms with van der Waals surface area (Å²) in [5.41, 5.74) is 2.76. The summed E-state index contributed by atoms with van der Waals surface area (Å²) in [5, 5.41) is 10.8. The van der Waals surface area contributed by atoms with Crippen LogP contribution in [-0.2, 0) is 6.54 Å². The van der Waals surface area contributed by atoms with Gasteiger partial charge in [0, 0.05) is 29.8 Å². The number of amides is 2. The summed E-state index contributed by atoms with van der Waals surface area (Å²) in [4.78, 5) is 21.0. The van der Waals surface area contributed by atoms with Crippen LogP contribution in [0.5, 0.6) is 0 Å². The van der Waals surface area contributed by atoms with Gasteiger partial charge in [-0.25, -0.2) is 18.6 Å². The number of anilines is 3. The fourth-order valence-corrected chi connectivity index (χ4v) is 3.66. The van der Waals surface area contributed by atoms with Gasteiger partial charge in [-0.1, -0.05) is 48.5 Å². The molecule has 5 rings (SSSR count). The molecule has 0 atom stereocenters. The zero-order chi connectivity index (χ0) is 23.5. The molecule has 0 aliphatic carbocycles. The Balaban J connectivity index is 1.25. The van der Waals surface area contributed by atoms with Gasteiger partial charge >= 0.3 is 6.03 Å². The zero-order valence-corrected chi connectivity index (χ0v) is 17.8. The van der Waals surface area contributed by atoms with Crippen molar-refractivity contribution >= 4 is 45.0 Å². The minimum Gasteiger partial charge on any atom is -0.365 e. The quantitative estimate of drug-likeness (QED) is 0.290. The Morgan fingerprint density at radius 3 is 2.47 bits per heavy atom. The number of aromatic nitrogens is 2. The van der Waals surface area contributed by atoms with Crippen LogP contribution < -0.4 is 16.0 Å². The first-order valence-electron chi connectivity index (χ1n) is 10.6. The predicted octanol–water partition coefficient (Wildman–Crippen LogP) is 6.32. The molecule has 2 amide bonds. The summed E-state index contributed by atoms with van der Waals surface area (Å²) >= 11 is 0. The number of urea groups is 1. The first kappa shape index (κ1) is 21.3. The van der Waals surface area contributed by atoms with Gasteiger partial charge < -0.3 is 16.0 Å². The second kappa shape index (κ2) is 9.11. The standard InChI is InChI=1S/C26H19F2N5O/c27-20-12-23-24(13-21(20)28)32-25(15-29-23)30-14-16-5-3-8-18(11-16)31-26(34)33-22-10-4-7-17-6-1-2-9-19(17)22/h1-13,15H,14H2,(H,30,32)(H2,31,33,34). The normalized spacial score (nSPS) is 10.9. The molecule has 0 radical (unpaired) electrons. The Morgan fingerprint density at radius 2 is 1.59 bits per heavy atom. The minimum atomic E-state index is -0.973. The molecular weight excluding hydrogens is 436 g/mol. The SMILES string of the molecule is O=C(Nc1cccc(CNc2cnc3cc(F)c(F)cc3n2)c1)Nc1cccc2ccccc12. The van der Waals surface area contributed by atoms with Crippen molar-refractivity contribution in [2.45, 2.75) is 6.54 Å². The highest BCUT2D eigenvalue weighted by Crippen LogP contribution is 2.23. The second-order valence-electron chi connectivity index (χ2n) is 7.67. The third-order valence-electron chi connectivity index (χ3n) is 5.28. The van der Waals surface area contributed by atoms with Crippen LogP contribution in [0.1, 0.15) is 5.56 Å². The molecule has 34 heavy (non-hydrogen) atoms. The number of nitrogens with zero attached hydrogens (tertiary/aromatic N) is 2. The Labute approximate surface area is 193 Å². The number of halogens is 2. The molecule has 0 unspecified atom stereocenters. The lowest BCUT2D eigenvalue weighted by molar-refractivity contribution is 0.262. The van der Waals surface area contributed by atoms with Crippen molar-refractivity contribution in [3.05, 3.63) is 102 Å². The summed E-state index contributed by atoms with van der Waals surface area (Å²) < 4.78 is 26.8.